The molecule has 0 unspecified atom stereocenters. The molecule has 0 atom stereocenters. The average Bonchev–Trinajstić information content (AvgIpc) is 2.37. The first-order valence-corrected chi connectivity index (χ1v) is 5.97. The zero-order chi connectivity index (χ0) is 12.3. The summed E-state index contributed by atoms with van der Waals surface area (Å²) in [5, 5.41) is 3.28. The largest absolute Gasteiger partial charge is 0.490 e. The second-order valence-corrected chi connectivity index (χ2v) is 3.74. The van der Waals surface area contributed by atoms with Crippen LogP contribution in [-0.4, -0.2) is 26.9 Å². The topological polar surface area (TPSA) is 30.5 Å². The lowest BCUT2D eigenvalue weighted by Crippen LogP contribution is -2.18. The summed E-state index contributed by atoms with van der Waals surface area (Å²) >= 11 is 5.40. The Balaban J connectivity index is 2.29. The van der Waals surface area contributed by atoms with E-state index in [1.807, 2.05) is 24.3 Å². The van der Waals surface area contributed by atoms with Crippen LogP contribution in [0, 0.1) is 0 Å². The van der Waals surface area contributed by atoms with Gasteiger partial charge < -0.3 is 14.8 Å². The average molecular weight is 256 g/mol. The molecule has 0 saturated carbocycles. The van der Waals surface area contributed by atoms with Gasteiger partial charge in [-0.05, 0) is 23.8 Å². The van der Waals surface area contributed by atoms with Gasteiger partial charge in [0.2, 0.25) is 0 Å². The van der Waals surface area contributed by atoms with Crippen LogP contribution in [0.25, 0.3) is 0 Å². The molecule has 0 bridgehead atoms. The third-order valence-corrected chi connectivity index (χ3v) is 2.35. The Morgan fingerprint density at radius 1 is 1.29 bits per heavy atom. The number of halogens is 1. The minimum Gasteiger partial charge on any atom is -0.490 e. The lowest BCUT2D eigenvalue weighted by Gasteiger charge is -2.06. The summed E-state index contributed by atoms with van der Waals surface area (Å²) in [5.74, 6) is 0.848. The Hall–Kier alpha value is -1.03. The van der Waals surface area contributed by atoms with Crippen LogP contribution in [0.3, 0.4) is 0 Å². The second kappa shape index (κ2) is 9.05. The molecule has 3 nitrogen and oxygen atoms in total. The van der Waals surface area contributed by atoms with Gasteiger partial charge in [-0.3, -0.25) is 0 Å². The van der Waals surface area contributed by atoms with Crippen molar-refractivity contribution in [2.24, 2.45) is 0 Å². The van der Waals surface area contributed by atoms with Gasteiger partial charge in [0.15, 0.2) is 0 Å². The van der Waals surface area contributed by atoms with Crippen molar-refractivity contribution in [1.29, 1.82) is 0 Å². The predicted octanol–water partition coefficient (Wildman–Crippen LogP) is 2.55. The number of methoxy groups -OCH3 is 1. The number of benzene rings is 1. The van der Waals surface area contributed by atoms with Gasteiger partial charge in [-0.15, -0.1) is 0 Å². The zero-order valence-corrected chi connectivity index (χ0v) is 10.7. The van der Waals surface area contributed by atoms with Crippen LogP contribution in [-0.2, 0) is 11.3 Å². The predicted molar refractivity (Wildman–Crippen MR) is 70.5 cm³/mol. The summed E-state index contributed by atoms with van der Waals surface area (Å²) in [7, 11) is 1.70. The molecular formula is C13H18ClNO2. The van der Waals surface area contributed by atoms with Crippen LogP contribution in [0.4, 0.5) is 0 Å². The summed E-state index contributed by atoms with van der Waals surface area (Å²) in [6.45, 7) is 2.92. The molecule has 1 N–H and O–H groups in total. The molecule has 0 heterocycles. The third-order valence-electron chi connectivity index (χ3n) is 2.17. The maximum atomic E-state index is 5.43. The molecule has 0 radical (unpaired) electrons. The third kappa shape index (κ3) is 6.31. The molecule has 1 rings (SSSR count). The van der Waals surface area contributed by atoms with Crippen LogP contribution in [0.15, 0.2) is 35.9 Å². The van der Waals surface area contributed by atoms with E-state index >= 15 is 0 Å². The molecule has 0 fully saturated rings. The van der Waals surface area contributed by atoms with Gasteiger partial charge in [0.05, 0.1) is 6.61 Å². The van der Waals surface area contributed by atoms with Crippen LogP contribution in [0.5, 0.6) is 5.75 Å². The monoisotopic (exact) mass is 255 g/mol. The summed E-state index contributed by atoms with van der Waals surface area (Å²) in [4.78, 5) is 0. The van der Waals surface area contributed by atoms with Crippen molar-refractivity contribution in [2.45, 2.75) is 6.54 Å². The van der Waals surface area contributed by atoms with Gasteiger partial charge in [-0.1, -0.05) is 23.7 Å². The number of rotatable bonds is 8. The summed E-state index contributed by atoms with van der Waals surface area (Å²) in [6, 6.07) is 7.99. The van der Waals surface area contributed by atoms with Crippen molar-refractivity contribution >= 4 is 11.6 Å². The minimum atomic E-state index is 0.495. The highest BCUT2D eigenvalue weighted by Crippen LogP contribution is 2.12. The molecule has 17 heavy (non-hydrogen) atoms. The van der Waals surface area contributed by atoms with E-state index in [9.17, 15) is 0 Å². The lowest BCUT2D eigenvalue weighted by molar-refractivity contribution is 0.199. The van der Waals surface area contributed by atoms with Gasteiger partial charge >= 0.3 is 0 Å². The molecule has 1 aromatic rings. The van der Waals surface area contributed by atoms with E-state index < -0.39 is 0 Å². The summed E-state index contributed by atoms with van der Waals surface area (Å²) < 4.78 is 10.4. The van der Waals surface area contributed by atoms with Crippen LogP contribution < -0.4 is 10.1 Å². The van der Waals surface area contributed by atoms with Gasteiger partial charge in [0.1, 0.15) is 12.4 Å². The Labute approximate surface area is 107 Å². The van der Waals surface area contributed by atoms with Gasteiger partial charge in [0, 0.05) is 25.7 Å². The molecule has 0 aliphatic heterocycles. The van der Waals surface area contributed by atoms with E-state index in [0.29, 0.717) is 6.61 Å². The number of hydrogen-bond acceptors (Lipinski definition) is 3. The van der Waals surface area contributed by atoms with Crippen molar-refractivity contribution < 1.29 is 9.47 Å². The van der Waals surface area contributed by atoms with Crippen LogP contribution in [0.2, 0.25) is 0 Å². The SMILES string of the molecule is COCCNCc1ccc(OCC=CCl)cc1. The van der Waals surface area contributed by atoms with Crippen molar-refractivity contribution in [3.05, 3.63) is 41.4 Å². The van der Waals surface area contributed by atoms with Crippen molar-refractivity contribution in [3.63, 3.8) is 0 Å². The number of ether oxygens (including phenoxy) is 2. The van der Waals surface area contributed by atoms with Crippen LogP contribution >= 0.6 is 11.6 Å². The molecule has 0 aliphatic rings. The van der Waals surface area contributed by atoms with Gasteiger partial charge in [-0.25, -0.2) is 0 Å². The van der Waals surface area contributed by atoms with Crippen molar-refractivity contribution in [3.8, 4) is 5.75 Å². The molecule has 0 aromatic heterocycles. The van der Waals surface area contributed by atoms with E-state index in [2.05, 4.69) is 5.32 Å². The molecule has 0 amide bonds. The Morgan fingerprint density at radius 2 is 2.06 bits per heavy atom. The highest BCUT2D eigenvalue weighted by atomic mass is 35.5. The van der Waals surface area contributed by atoms with E-state index in [-0.39, 0.29) is 0 Å². The van der Waals surface area contributed by atoms with E-state index in [1.165, 1.54) is 11.1 Å². The smallest absolute Gasteiger partial charge is 0.119 e. The minimum absolute atomic E-state index is 0.495. The Bertz CT molecular complexity index is 325. The first kappa shape index (κ1) is 14.0. The Morgan fingerprint density at radius 3 is 2.71 bits per heavy atom. The fraction of sp³-hybridized carbons (Fsp3) is 0.385. The quantitative estimate of drug-likeness (QED) is 0.725. The molecule has 94 valence electrons. The molecule has 0 saturated heterocycles. The normalized spacial score (nSPS) is 10.9. The Kier molecular flexibility index (Phi) is 7.47. The maximum absolute atomic E-state index is 5.43. The zero-order valence-electron chi connectivity index (χ0n) is 9.99. The standard InChI is InChI=1S/C13H18ClNO2/c1-16-10-8-15-11-12-3-5-13(6-4-12)17-9-2-7-14/h2-7,15H,8-11H2,1H3. The molecule has 0 aliphatic carbocycles. The van der Waals surface area contributed by atoms with Gasteiger partial charge in [-0.2, -0.15) is 0 Å². The summed E-state index contributed by atoms with van der Waals surface area (Å²) in [6.07, 6.45) is 1.75. The van der Waals surface area contributed by atoms with E-state index in [0.717, 1.165) is 25.4 Å². The number of hydrogen-bond donors (Lipinski definition) is 1. The molecular weight excluding hydrogens is 238 g/mol. The highest BCUT2D eigenvalue weighted by Gasteiger charge is 1.94. The lowest BCUT2D eigenvalue weighted by atomic mass is 10.2. The first-order valence-electron chi connectivity index (χ1n) is 5.53. The van der Waals surface area contributed by atoms with E-state index in [4.69, 9.17) is 21.1 Å². The van der Waals surface area contributed by atoms with Crippen molar-refractivity contribution in [2.75, 3.05) is 26.9 Å². The summed E-state index contributed by atoms with van der Waals surface area (Å²) in [5.41, 5.74) is 2.68. The second-order valence-electron chi connectivity index (χ2n) is 3.49. The molecule has 4 heteroatoms. The molecule has 0 spiro atoms. The van der Waals surface area contributed by atoms with Gasteiger partial charge in [0.25, 0.3) is 0 Å². The first-order chi connectivity index (χ1) is 8.36. The fourth-order valence-corrected chi connectivity index (χ4v) is 1.36. The van der Waals surface area contributed by atoms with Crippen LogP contribution in [0.1, 0.15) is 5.56 Å². The van der Waals surface area contributed by atoms with Crippen molar-refractivity contribution in [1.82, 2.24) is 5.32 Å². The van der Waals surface area contributed by atoms with E-state index in [1.54, 1.807) is 13.2 Å². The highest BCUT2D eigenvalue weighted by molar-refractivity contribution is 6.25. The number of nitrogens with one attached hydrogen (secondary N) is 1. The maximum Gasteiger partial charge on any atom is 0.119 e. The molecule has 1 aromatic carbocycles. The fourth-order valence-electron chi connectivity index (χ4n) is 1.29.